The summed E-state index contributed by atoms with van der Waals surface area (Å²) in [6.07, 6.45) is -3.41. The molecule has 0 saturated heterocycles. The molecular formula is C9H20F3N3. The van der Waals surface area contributed by atoms with E-state index in [0.29, 0.717) is 13.1 Å². The molecule has 92 valence electrons. The second kappa shape index (κ2) is 7.03. The van der Waals surface area contributed by atoms with Gasteiger partial charge in [-0.3, -0.25) is 4.90 Å². The third-order valence-corrected chi connectivity index (χ3v) is 1.93. The molecule has 0 rings (SSSR count). The fourth-order valence-electron chi connectivity index (χ4n) is 1.32. The van der Waals surface area contributed by atoms with Crippen LogP contribution < -0.4 is 5.73 Å². The van der Waals surface area contributed by atoms with Crippen molar-refractivity contribution in [3.63, 3.8) is 0 Å². The topological polar surface area (TPSA) is 32.5 Å². The first-order valence-corrected chi connectivity index (χ1v) is 4.99. The lowest BCUT2D eigenvalue weighted by molar-refractivity contribution is -0.145. The van der Waals surface area contributed by atoms with Gasteiger partial charge in [0.05, 0.1) is 6.54 Å². The molecule has 0 saturated carbocycles. The number of nitrogens with two attached hydrogens (primary N) is 1. The number of nitrogens with zero attached hydrogens (tertiary/aromatic N) is 2. The van der Waals surface area contributed by atoms with Crippen molar-refractivity contribution in [3.8, 4) is 0 Å². The predicted octanol–water partition coefficient (Wildman–Crippen LogP) is 0.761. The number of hydrogen-bond acceptors (Lipinski definition) is 3. The number of halogens is 3. The fraction of sp³-hybridized carbons (Fsp3) is 1.00. The minimum atomic E-state index is -4.13. The van der Waals surface area contributed by atoms with Gasteiger partial charge in [-0.2, -0.15) is 13.2 Å². The summed E-state index contributed by atoms with van der Waals surface area (Å²) >= 11 is 0. The first-order valence-electron chi connectivity index (χ1n) is 4.99. The quantitative estimate of drug-likeness (QED) is 0.697. The largest absolute Gasteiger partial charge is 0.401 e. The zero-order valence-electron chi connectivity index (χ0n) is 9.35. The summed E-state index contributed by atoms with van der Waals surface area (Å²) in [7, 11) is 3.80. The molecule has 0 amide bonds. The van der Waals surface area contributed by atoms with E-state index in [9.17, 15) is 13.2 Å². The molecule has 15 heavy (non-hydrogen) atoms. The smallest absolute Gasteiger partial charge is 0.329 e. The van der Waals surface area contributed by atoms with Crippen LogP contribution in [-0.4, -0.2) is 62.8 Å². The molecule has 0 aromatic carbocycles. The summed E-state index contributed by atoms with van der Waals surface area (Å²) < 4.78 is 36.4. The second-order valence-electron chi connectivity index (χ2n) is 3.84. The van der Waals surface area contributed by atoms with Crippen molar-refractivity contribution in [2.45, 2.75) is 12.6 Å². The van der Waals surface area contributed by atoms with Gasteiger partial charge in [0.1, 0.15) is 0 Å². The van der Waals surface area contributed by atoms with Gasteiger partial charge in [0, 0.05) is 13.1 Å². The maximum atomic E-state index is 12.1. The molecule has 0 unspecified atom stereocenters. The van der Waals surface area contributed by atoms with Crippen molar-refractivity contribution < 1.29 is 13.2 Å². The molecule has 0 aromatic rings. The molecule has 0 aliphatic carbocycles. The lowest BCUT2D eigenvalue weighted by atomic mass is 10.3. The van der Waals surface area contributed by atoms with Gasteiger partial charge in [-0.15, -0.1) is 0 Å². The van der Waals surface area contributed by atoms with Gasteiger partial charge in [0.2, 0.25) is 0 Å². The molecule has 2 N–H and O–H groups in total. The Labute approximate surface area is 89.0 Å². The summed E-state index contributed by atoms with van der Waals surface area (Å²) in [6.45, 7) is 0.927. The Bertz CT molecular complexity index is 159. The first kappa shape index (κ1) is 14.7. The van der Waals surface area contributed by atoms with Crippen molar-refractivity contribution in [3.05, 3.63) is 0 Å². The molecule has 0 fully saturated rings. The van der Waals surface area contributed by atoms with E-state index in [-0.39, 0.29) is 6.54 Å². The van der Waals surface area contributed by atoms with Gasteiger partial charge < -0.3 is 10.6 Å². The van der Waals surface area contributed by atoms with Crippen LogP contribution in [0.25, 0.3) is 0 Å². The van der Waals surface area contributed by atoms with Crippen LogP contribution in [0.15, 0.2) is 0 Å². The van der Waals surface area contributed by atoms with E-state index in [1.807, 2.05) is 19.0 Å². The number of hydrogen-bond donors (Lipinski definition) is 1. The van der Waals surface area contributed by atoms with E-state index < -0.39 is 12.7 Å². The maximum absolute atomic E-state index is 12.1. The van der Waals surface area contributed by atoms with Crippen LogP contribution in [0.4, 0.5) is 13.2 Å². The second-order valence-corrected chi connectivity index (χ2v) is 3.84. The van der Waals surface area contributed by atoms with Crippen molar-refractivity contribution in [2.24, 2.45) is 5.73 Å². The SMILES string of the molecule is CN(C)CCCN(CCN)CC(F)(F)F. The van der Waals surface area contributed by atoms with Crippen molar-refractivity contribution in [2.75, 3.05) is 46.8 Å². The summed E-state index contributed by atoms with van der Waals surface area (Å²) in [5.41, 5.74) is 5.26. The van der Waals surface area contributed by atoms with Gasteiger partial charge in [-0.05, 0) is 33.6 Å². The Morgan fingerprint density at radius 2 is 1.67 bits per heavy atom. The summed E-state index contributed by atoms with van der Waals surface area (Å²) in [6, 6.07) is 0. The van der Waals surface area contributed by atoms with Crippen LogP contribution in [0.2, 0.25) is 0 Å². The van der Waals surface area contributed by atoms with E-state index >= 15 is 0 Å². The highest BCUT2D eigenvalue weighted by Crippen LogP contribution is 2.16. The average Bonchev–Trinajstić information content (AvgIpc) is 2.00. The lowest BCUT2D eigenvalue weighted by Crippen LogP contribution is -2.38. The fourth-order valence-corrected chi connectivity index (χ4v) is 1.32. The normalized spacial score (nSPS) is 12.8. The van der Waals surface area contributed by atoms with Gasteiger partial charge >= 0.3 is 6.18 Å². The first-order chi connectivity index (χ1) is 6.85. The molecular weight excluding hydrogens is 207 g/mol. The van der Waals surface area contributed by atoms with Crippen LogP contribution >= 0.6 is 0 Å². The average molecular weight is 227 g/mol. The maximum Gasteiger partial charge on any atom is 0.401 e. The van der Waals surface area contributed by atoms with Gasteiger partial charge in [-0.1, -0.05) is 0 Å². The van der Waals surface area contributed by atoms with Crippen molar-refractivity contribution in [1.29, 1.82) is 0 Å². The summed E-state index contributed by atoms with van der Waals surface area (Å²) in [5, 5.41) is 0. The Morgan fingerprint density at radius 1 is 1.07 bits per heavy atom. The monoisotopic (exact) mass is 227 g/mol. The molecule has 0 radical (unpaired) electrons. The molecule has 0 spiro atoms. The van der Waals surface area contributed by atoms with Crippen LogP contribution in [0.1, 0.15) is 6.42 Å². The molecule has 6 heteroatoms. The Hall–Kier alpha value is -0.330. The zero-order valence-corrected chi connectivity index (χ0v) is 9.35. The minimum absolute atomic E-state index is 0.262. The van der Waals surface area contributed by atoms with E-state index in [2.05, 4.69) is 0 Å². The van der Waals surface area contributed by atoms with E-state index in [4.69, 9.17) is 5.73 Å². The highest BCUT2D eigenvalue weighted by Gasteiger charge is 2.29. The molecule has 0 aromatic heterocycles. The van der Waals surface area contributed by atoms with E-state index in [0.717, 1.165) is 13.0 Å². The van der Waals surface area contributed by atoms with Crippen molar-refractivity contribution in [1.82, 2.24) is 9.80 Å². The lowest BCUT2D eigenvalue weighted by Gasteiger charge is -2.23. The third-order valence-electron chi connectivity index (χ3n) is 1.93. The Balaban J connectivity index is 3.83. The highest BCUT2D eigenvalue weighted by atomic mass is 19.4. The van der Waals surface area contributed by atoms with Crippen LogP contribution in [0.5, 0.6) is 0 Å². The standard InChI is InChI=1S/C9H20F3N3/c1-14(2)5-3-6-15(7-4-13)8-9(10,11)12/h3-8,13H2,1-2H3. The molecule has 0 bridgehead atoms. The number of alkyl halides is 3. The summed E-state index contributed by atoms with van der Waals surface area (Å²) in [5.74, 6) is 0. The molecule has 0 heterocycles. The molecule has 0 aliphatic heterocycles. The number of rotatable bonds is 7. The highest BCUT2D eigenvalue weighted by molar-refractivity contribution is 4.64. The molecule has 3 nitrogen and oxygen atoms in total. The van der Waals surface area contributed by atoms with Crippen LogP contribution in [-0.2, 0) is 0 Å². The molecule has 0 atom stereocenters. The van der Waals surface area contributed by atoms with Gasteiger partial charge in [0.15, 0.2) is 0 Å². The summed E-state index contributed by atoms with van der Waals surface area (Å²) in [4.78, 5) is 3.30. The Kier molecular flexibility index (Phi) is 6.87. The third kappa shape index (κ3) is 9.96. The minimum Gasteiger partial charge on any atom is -0.329 e. The zero-order chi connectivity index (χ0) is 11.9. The predicted molar refractivity (Wildman–Crippen MR) is 54.7 cm³/mol. The van der Waals surface area contributed by atoms with Crippen molar-refractivity contribution >= 4 is 0 Å². The Morgan fingerprint density at radius 3 is 2.07 bits per heavy atom. The van der Waals surface area contributed by atoms with E-state index in [1.165, 1.54) is 4.90 Å². The van der Waals surface area contributed by atoms with Gasteiger partial charge in [-0.25, -0.2) is 0 Å². The van der Waals surface area contributed by atoms with Crippen LogP contribution in [0.3, 0.4) is 0 Å². The van der Waals surface area contributed by atoms with E-state index in [1.54, 1.807) is 0 Å². The molecule has 0 aliphatic rings. The van der Waals surface area contributed by atoms with Gasteiger partial charge in [0.25, 0.3) is 0 Å². The van der Waals surface area contributed by atoms with Crippen LogP contribution in [0, 0.1) is 0 Å².